The van der Waals surface area contributed by atoms with Crippen molar-refractivity contribution in [1.82, 2.24) is 0 Å². The molecule has 0 atom stereocenters. The number of carbonyl (C=O) groups excluding carboxylic acids is 1. The molecule has 4 nitrogen and oxygen atoms in total. The van der Waals surface area contributed by atoms with Gasteiger partial charge in [0.15, 0.2) is 6.61 Å². The zero-order valence-corrected chi connectivity index (χ0v) is 4.03. The van der Waals surface area contributed by atoms with Gasteiger partial charge in [0, 0.05) is 0 Å². The van der Waals surface area contributed by atoms with E-state index in [1.54, 1.807) is 0 Å². The summed E-state index contributed by atoms with van der Waals surface area (Å²) >= 11 is 0. The summed E-state index contributed by atoms with van der Waals surface area (Å²) in [6, 6.07) is 0. The molecule has 1 heterocycles. The Hall–Kier alpha value is -1.19. The molecule has 0 saturated heterocycles. The van der Waals surface area contributed by atoms with Crippen LogP contribution in [-0.2, 0) is 9.63 Å². The van der Waals surface area contributed by atoms with Crippen LogP contribution in [0.3, 0.4) is 0 Å². The van der Waals surface area contributed by atoms with Crippen molar-refractivity contribution in [1.29, 1.82) is 0 Å². The van der Waals surface area contributed by atoms with Gasteiger partial charge in [-0.2, -0.15) is 0 Å². The third-order valence-corrected chi connectivity index (χ3v) is 0.728. The lowest BCUT2D eigenvalue weighted by molar-refractivity contribution is -0.734. The summed E-state index contributed by atoms with van der Waals surface area (Å²) in [6.07, 6.45) is 2.66. The summed E-state index contributed by atoms with van der Waals surface area (Å²) in [4.78, 5) is 24.5. The molecule has 4 heteroatoms. The molecule has 0 N–H and O–H groups in total. The van der Waals surface area contributed by atoms with Gasteiger partial charge in [-0.1, -0.05) is 0 Å². The Morgan fingerprint density at radius 3 is 2.88 bits per heavy atom. The van der Waals surface area contributed by atoms with Crippen molar-refractivity contribution in [2.75, 3.05) is 6.61 Å². The first-order chi connectivity index (χ1) is 3.80. The first-order valence-electron chi connectivity index (χ1n) is 2.11. The molecule has 0 aromatic heterocycles. The number of hydrogen-bond acceptors (Lipinski definition) is 3. The molecule has 0 bridgehead atoms. The van der Waals surface area contributed by atoms with Gasteiger partial charge in [-0.05, 0) is 6.08 Å². The second-order valence-electron chi connectivity index (χ2n) is 1.29. The van der Waals surface area contributed by atoms with Crippen LogP contribution in [0.5, 0.6) is 0 Å². The van der Waals surface area contributed by atoms with Gasteiger partial charge in [0.2, 0.25) is 0 Å². The van der Waals surface area contributed by atoms with Crippen molar-refractivity contribution >= 4 is 5.91 Å². The van der Waals surface area contributed by atoms with Crippen molar-refractivity contribution in [3.05, 3.63) is 17.1 Å². The Morgan fingerprint density at radius 2 is 2.50 bits per heavy atom. The van der Waals surface area contributed by atoms with Crippen LogP contribution in [0.1, 0.15) is 0 Å². The van der Waals surface area contributed by atoms with Gasteiger partial charge in [0.05, 0.1) is 11.0 Å². The zero-order valence-electron chi connectivity index (χ0n) is 4.03. The maximum Gasteiger partial charge on any atom is 0.514 e. The van der Waals surface area contributed by atoms with E-state index in [9.17, 15) is 9.70 Å². The minimum absolute atomic E-state index is 0.0417. The lowest BCUT2D eigenvalue weighted by Crippen LogP contribution is -2.19. The van der Waals surface area contributed by atoms with E-state index in [1.165, 1.54) is 12.2 Å². The molecule has 0 radical (unpaired) electrons. The third kappa shape index (κ3) is 0.726. The fourth-order valence-corrected chi connectivity index (χ4v) is 0.384. The highest BCUT2D eigenvalue weighted by molar-refractivity contribution is 5.79. The first kappa shape index (κ1) is 4.96. The Kier molecular flexibility index (Phi) is 1.07. The van der Waals surface area contributed by atoms with E-state index in [-0.39, 0.29) is 11.5 Å². The summed E-state index contributed by atoms with van der Waals surface area (Å²) in [5, 5.41) is 0. The van der Waals surface area contributed by atoms with Crippen molar-refractivity contribution in [2.45, 2.75) is 0 Å². The Labute approximate surface area is 45.3 Å². The predicted octanol–water partition coefficient (Wildman–Crippen LogP) is -0.207. The Balaban J connectivity index is 2.75. The van der Waals surface area contributed by atoms with Gasteiger partial charge in [0.25, 0.3) is 0 Å². The molecule has 0 spiro atoms. The highest BCUT2D eigenvalue weighted by Crippen LogP contribution is 1.90. The number of carbonyl (C=O) groups is 1. The first-order valence-corrected chi connectivity index (χ1v) is 2.11. The van der Waals surface area contributed by atoms with Gasteiger partial charge < -0.3 is 0 Å². The topological polar surface area (TPSA) is 46.4 Å². The molecule has 1 amide bonds. The molecule has 1 aliphatic rings. The van der Waals surface area contributed by atoms with Crippen LogP contribution >= 0.6 is 0 Å². The average molecular weight is 114 g/mol. The van der Waals surface area contributed by atoms with E-state index in [1.807, 2.05) is 0 Å². The number of amides is 1. The lowest BCUT2D eigenvalue weighted by atomic mass is 10.5. The van der Waals surface area contributed by atoms with Crippen molar-refractivity contribution in [3.8, 4) is 0 Å². The maximum atomic E-state index is 10.2. The molecule has 0 aromatic carbocycles. The van der Waals surface area contributed by atoms with Gasteiger partial charge in [-0.15, -0.1) is 0 Å². The monoisotopic (exact) mass is 114 g/mol. The summed E-state index contributed by atoms with van der Waals surface area (Å²) in [5.74, 6) is -0.656. The minimum Gasteiger partial charge on any atom is -0.219 e. The van der Waals surface area contributed by atoms with E-state index in [2.05, 4.69) is 4.84 Å². The zero-order chi connectivity index (χ0) is 5.98. The molecule has 0 unspecified atom stereocenters. The smallest absolute Gasteiger partial charge is 0.219 e. The van der Waals surface area contributed by atoms with E-state index in [0.29, 0.717) is 0 Å². The van der Waals surface area contributed by atoms with Gasteiger partial charge in [-0.3, -0.25) is 0 Å². The minimum atomic E-state index is -0.656. The summed E-state index contributed by atoms with van der Waals surface area (Å²) in [7, 11) is 0. The highest BCUT2D eigenvalue weighted by atomic mass is 16.8. The van der Waals surface area contributed by atoms with Crippen molar-refractivity contribution in [3.63, 3.8) is 0 Å². The van der Waals surface area contributed by atoms with E-state index in [4.69, 9.17) is 0 Å². The number of nitrogens with zero attached hydrogens (tertiary/aromatic N) is 1. The SMILES string of the molecule is O=C1C=CCO[N+]1=O. The quantitative estimate of drug-likeness (QED) is 0.438. The van der Waals surface area contributed by atoms with Crippen LogP contribution in [0, 0.1) is 4.91 Å². The maximum absolute atomic E-state index is 10.2. The Bertz CT molecular complexity index is 161. The fraction of sp³-hybridized carbons (Fsp3) is 0.250. The second kappa shape index (κ2) is 1.73. The third-order valence-electron chi connectivity index (χ3n) is 0.728. The van der Waals surface area contributed by atoms with Crippen LogP contribution in [0.25, 0.3) is 0 Å². The molecule has 0 saturated carbocycles. The van der Waals surface area contributed by atoms with Crippen LogP contribution in [0.15, 0.2) is 12.2 Å². The highest BCUT2D eigenvalue weighted by Gasteiger charge is 2.24. The molecule has 8 heavy (non-hydrogen) atoms. The molecular weight excluding hydrogens is 110 g/mol. The largest absolute Gasteiger partial charge is 0.514 e. The fourth-order valence-electron chi connectivity index (χ4n) is 0.384. The Morgan fingerprint density at radius 1 is 1.75 bits per heavy atom. The van der Waals surface area contributed by atoms with Crippen LogP contribution in [0.2, 0.25) is 0 Å². The number of hydrogen-bond donors (Lipinski definition) is 0. The second-order valence-corrected chi connectivity index (χ2v) is 1.29. The van der Waals surface area contributed by atoms with Crippen LogP contribution < -0.4 is 0 Å². The van der Waals surface area contributed by atoms with Gasteiger partial charge in [-0.25, -0.2) is 9.63 Å². The molecule has 0 fully saturated rings. The molecule has 1 aliphatic heterocycles. The van der Waals surface area contributed by atoms with Crippen LogP contribution in [-0.4, -0.2) is 17.4 Å². The standard InChI is InChI=1S/C4H4NO3/c6-4-2-1-3-8-5(4)7/h1-2H,3H2/q+1. The normalized spacial score (nSPS) is 18.5. The number of rotatable bonds is 0. The summed E-state index contributed by atoms with van der Waals surface area (Å²) < 4.78 is 0. The van der Waals surface area contributed by atoms with E-state index in [0.717, 1.165) is 0 Å². The van der Waals surface area contributed by atoms with Crippen molar-refractivity contribution < 1.29 is 14.6 Å². The summed E-state index contributed by atoms with van der Waals surface area (Å²) in [6.45, 7) is 0.190. The summed E-state index contributed by atoms with van der Waals surface area (Å²) in [5.41, 5.74) is 0. The van der Waals surface area contributed by atoms with Crippen molar-refractivity contribution in [2.24, 2.45) is 0 Å². The lowest BCUT2D eigenvalue weighted by Gasteiger charge is -1.89. The molecule has 1 rings (SSSR count). The average Bonchev–Trinajstić information content (AvgIpc) is 1.77. The van der Waals surface area contributed by atoms with Gasteiger partial charge in [0.1, 0.15) is 0 Å². The molecule has 42 valence electrons. The molecule has 0 aliphatic carbocycles. The molecular formula is C4H4NO3+. The van der Waals surface area contributed by atoms with Crippen LogP contribution in [0.4, 0.5) is 0 Å². The van der Waals surface area contributed by atoms with E-state index >= 15 is 0 Å². The van der Waals surface area contributed by atoms with Gasteiger partial charge >= 0.3 is 10.8 Å². The predicted molar refractivity (Wildman–Crippen MR) is 23.7 cm³/mol. The van der Waals surface area contributed by atoms with E-state index < -0.39 is 5.91 Å². The molecule has 0 aromatic rings.